The average molecular weight is 865 g/mol. The molecule has 6 unspecified atom stereocenters. The summed E-state index contributed by atoms with van der Waals surface area (Å²) >= 11 is 0. The zero-order chi connectivity index (χ0) is 44.3. The standard InChI is InChI=1S/C52H60N6O6/c1-35(21-27-47-51(3,4)63-61-49(59-47)43-19-11-15-37-13-7-9-17-41(37)43)29-31-57-33-45(53-55-57)39-23-25-40(26-24-39)46-34-58(56-54-46)32-30-36(2)22-28-48-52(5,6)64-62-50(60-48)44-20-12-16-38-14-8-10-18-42(38)44/h7-20,23-26,33-36,47-50H,21-22,27-32H2,1-6H3. The van der Waals surface area contributed by atoms with Crippen LogP contribution in [0.5, 0.6) is 0 Å². The predicted molar refractivity (Wildman–Crippen MR) is 246 cm³/mol. The lowest BCUT2D eigenvalue weighted by Gasteiger charge is -2.41. The van der Waals surface area contributed by atoms with Gasteiger partial charge in [0.15, 0.2) is 0 Å². The SMILES string of the molecule is CC(CCC1OC(c2cccc3ccccc23)OOC1(C)C)CCn1cc(-c2ccc(-c3cn(CCC(C)CCC4OC(c5cccc6ccccc56)OOC4(C)C)nn3)cc2)nn1. The van der Waals surface area contributed by atoms with E-state index in [1.807, 2.05) is 85.9 Å². The van der Waals surface area contributed by atoms with E-state index in [4.69, 9.17) is 29.0 Å². The molecule has 5 aromatic carbocycles. The second kappa shape index (κ2) is 19.0. The Morgan fingerprint density at radius 1 is 0.516 bits per heavy atom. The van der Waals surface area contributed by atoms with E-state index in [1.165, 1.54) is 0 Å². The zero-order valence-electron chi connectivity index (χ0n) is 37.8. The molecule has 2 fully saturated rings. The summed E-state index contributed by atoms with van der Waals surface area (Å²) in [6.07, 6.45) is 8.30. The maximum Gasteiger partial charge on any atom is 0.218 e. The number of ether oxygens (including phenoxy) is 2. The summed E-state index contributed by atoms with van der Waals surface area (Å²) in [5.41, 5.74) is 4.54. The fraction of sp³-hybridized carbons (Fsp3) is 0.423. The van der Waals surface area contributed by atoms with E-state index < -0.39 is 23.8 Å². The predicted octanol–water partition coefficient (Wildman–Crippen LogP) is 11.8. The highest BCUT2D eigenvalue weighted by Gasteiger charge is 2.42. The van der Waals surface area contributed by atoms with Gasteiger partial charge in [-0.1, -0.05) is 133 Å². The van der Waals surface area contributed by atoms with Gasteiger partial charge in [-0.2, -0.15) is 9.78 Å². The van der Waals surface area contributed by atoms with Crippen LogP contribution in [0, 0.1) is 11.8 Å². The number of benzene rings is 5. The molecule has 2 aromatic heterocycles. The summed E-state index contributed by atoms with van der Waals surface area (Å²) in [6, 6.07) is 37.2. The molecule has 12 heteroatoms. The molecule has 0 spiro atoms. The molecule has 0 N–H and O–H groups in total. The molecule has 64 heavy (non-hydrogen) atoms. The van der Waals surface area contributed by atoms with Crippen LogP contribution >= 0.6 is 0 Å². The highest BCUT2D eigenvalue weighted by Crippen LogP contribution is 2.40. The van der Waals surface area contributed by atoms with Gasteiger partial charge in [0.2, 0.25) is 12.6 Å². The van der Waals surface area contributed by atoms with Gasteiger partial charge in [-0.3, -0.25) is 9.36 Å². The van der Waals surface area contributed by atoms with Crippen molar-refractivity contribution in [3.05, 3.63) is 133 Å². The maximum atomic E-state index is 6.58. The van der Waals surface area contributed by atoms with Crippen LogP contribution in [0.3, 0.4) is 0 Å². The van der Waals surface area contributed by atoms with Crippen molar-refractivity contribution in [2.75, 3.05) is 0 Å². The minimum Gasteiger partial charge on any atom is -0.340 e. The minimum absolute atomic E-state index is 0.115. The molecule has 9 rings (SSSR count). The van der Waals surface area contributed by atoms with Crippen LogP contribution in [0.4, 0.5) is 0 Å². The third-order valence-corrected chi connectivity index (χ3v) is 13.1. The van der Waals surface area contributed by atoms with Gasteiger partial charge in [0.05, 0.1) is 24.6 Å². The summed E-state index contributed by atoms with van der Waals surface area (Å²) < 4.78 is 17.0. The fourth-order valence-corrected chi connectivity index (χ4v) is 8.87. The van der Waals surface area contributed by atoms with E-state index >= 15 is 0 Å². The molecular formula is C52H60N6O6. The van der Waals surface area contributed by atoms with Gasteiger partial charge in [0.1, 0.15) is 22.6 Å². The van der Waals surface area contributed by atoms with Crippen molar-refractivity contribution in [2.45, 2.75) is 129 Å². The van der Waals surface area contributed by atoms with Crippen molar-refractivity contribution < 1.29 is 29.0 Å². The number of aryl methyl sites for hydroxylation is 2. The highest BCUT2D eigenvalue weighted by molar-refractivity contribution is 5.86. The van der Waals surface area contributed by atoms with Gasteiger partial charge in [-0.15, -0.1) is 10.2 Å². The first-order chi connectivity index (χ1) is 31.0. The van der Waals surface area contributed by atoms with E-state index in [9.17, 15) is 0 Å². The third-order valence-electron chi connectivity index (χ3n) is 13.1. The van der Waals surface area contributed by atoms with Crippen LogP contribution in [0.2, 0.25) is 0 Å². The lowest BCUT2D eigenvalue weighted by atomic mass is 9.92. The van der Waals surface area contributed by atoms with Crippen LogP contribution in [0.15, 0.2) is 122 Å². The molecule has 12 nitrogen and oxygen atoms in total. The molecule has 2 aliphatic rings. The summed E-state index contributed by atoms with van der Waals surface area (Å²) in [6.45, 7) is 14.2. The molecular weight excluding hydrogens is 805 g/mol. The number of hydrogen-bond acceptors (Lipinski definition) is 10. The molecule has 2 aliphatic heterocycles. The van der Waals surface area contributed by atoms with Gasteiger partial charge in [-0.25, -0.2) is 9.78 Å². The van der Waals surface area contributed by atoms with Crippen LogP contribution in [-0.4, -0.2) is 53.4 Å². The Kier molecular flexibility index (Phi) is 13.0. The van der Waals surface area contributed by atoms with Crippen LogP contribution in [0.1, 0.15) is 104 Å². The number of hydrogen-bond donors (Lipinski definition) is 0. The Morgan fingerprint density at radius 3 is 1.36 bits per heavy atom. The molecule has 0 bridgehead atoms. The Labute approximate surface area is 375 Å². The lowest BCUT2D eigenvalue weighted by Crippen LogP contribution is -2.46. The molecule has 0 aliphatic carbocycles. The fourth-order valence-electron chi connectivity index (χ4n) is 8.87. The average Bonchev–Trinajstić information content (AvgIpc) is 4.00. The van der Waals surface area contributed by atoms with Crippen LogP contribution in [0.25, 0.3) is 44.1 Å². The quantitative estimate of drug-likeness (QED) is 0.0869. The normalized spacial score (nSPS) is 21.8. The minimum atomic E-state index is -0.577. The topological polar surface area (TPSA) is 117 Å². The van der Waals surface area contributed by atoms with E-state index in [2.05, 4.69) is 107 Å². The Morgan fingerprint density at radius 2 is 0.922 bits per heavy atom. The second-order valence-corrected chi connectivity index (χ2v) is 18.9. The molecule has 6 atom stereocenters. The molecule has 334 valence electrons. The van der Waals surface area contributed by atoms with Crippen molar-refractivity contribution in [3.8, 4) is 22.5 Å². The summed E-state index contributed by atoms with van der Waals surface area (Å²) in [7, 11) is 0. The van der Waals surface area contributed by atoms with E-state index in [0.29, 0.717) is 11.8 Å². The van der Waals surface area contributed by atoms with Gasteiger partial charge < -0.3 is 9.47 Å². The van der Waals surface area contributed by atoms with E-state index in [-0.39, 0.29) is 12.2 Å². The van der Waals surface area contributed by atoms with Crippen molar-refractivity contribution in [1.29, 1.82) is 0 Å². The smallest absolute Gasteiger partial charge is 0.218 e. The van der Waals surface area contributed by atoms with Gasteiger partial charge >= 0.3 is 0 Å². The molecule has 0 radical (unpaired) electrons. The largest absolute Gasteiger partial charge is 0.340 e. The van der Waals surface area contributed by atoms with Crippen molar-refractivity contribution in [3.63, 3.8) is 0 Å². The number of nitrogens with zero attached hydrogens (tertiary/aromatic N) is 6. The van der Waals surface area contributed by atoms with Gasteiger partial charge in [0, 0.05) is 35.3 Å². The van der Waals surface area contributed by atoms with Gasteiger partial charge in [-0.05, 0) is 99.6 Å². The van der Waals surface area contributed by atoms with Gasteiger partial charge in [0.25, 0.3) is 0 Å². The first-order valence-electron chi connectivity index (χ1n) is 22.9. The number of fused-ring (bicyclic) bond motifs is 2. The second-order valence-electron chi connectivity index (χ2n) is 18.9. The lowest BCUT2D eigenvalue weighted by molar-refractivity contribution is -0.487. The monoisotopic (exact) mass is 864 g/mol. The molecule has 0 saturated carbocycles. The first-order valence-corrected chi connectivity index (χ1v) is 22.9. The third kappa shape index (κ3) is 9.97. The number of aromatic nitrogens is 6. The summed E-state index contributed by atoms with van der Waals surface area (Å²) in [5, 5.41) is 22.4. The summed E-state index contributed by atoms with van der Waals surface area (Å²) in [4.78, 5) is 23.5. The Balaban J connectivity index is 0.722. The highest BCUT2D eigenvalue weighted by atomic mass is 17.2. The first kappa shape index (κ1) is 43.9. The van der Waals surface area contributed by atoms with Crippen molar-refractivity contribution >= 4 is 21.5 Å². The van der Waals surface area contributed by atoms with Crippen LogP contribution < -0.4 is 0 Å². The molecule has 7 aromatic rings. The van der Waals surface area contributed by atoms with E-state index in [0.717, 1.165) is 107 Å². The van der Waals surface area contributed by atoms with Crippen molar-refractivity contribution in [2.24, 2.45) is 11.8 Å². The molecule has 2 saturated heterocycles. The maximum absolute atomic E-state index is 6.58. The Hall–Kier alpha value is -5.34. The van der Waals surface area contributed by atoms with Crippen molar-refractivity contribution in [1.82, 2.24) is 30.0 Å². The summed E-state index contributed by atoms with van der Waals surface area (Å²) in [5.74, 6) is 0.900. The molecule has 0 amide bonds. The van der Waals surface area contributed by atoms with E-state index in [1.54, 1.807) is 0 Å². The number of rotatable bonds is 16. The Bertz CT molecular complexity index is 2450. The zero-order valence-corrected chi connectivity index (χ0v) is 37.8. The molecule has 4 heterocycles. The van der Waals surface area contributed by atoms with Crippen LogP contribution in [-0.2, 0) is 42.1 Å².